The number of piperidine rings is 1. The fourth-order valence-electron chi connectivity index (χ4n) is 4.97. The molecule has 0 bridgehead atoms. The standard InChI is InChI=1S/C30H33N3O/c1-23(20-29(26-8-4-2-5-9-26)27-10-6-3-7-11-27)33-18-16-28(17-19-33)32-30(34)21-24-12-14-25(22-31)15-13-24/h2-15,23,28-29H,16-21H2,1H3,(H,32,34). The van der Waals surface area contributed by atoms with Gasteiger partial charge in [-0.1, -0.05) is 72.8 Å². The summed E-state index contributed by atoms with van der Waals surface area (Å²) >= 11 is 0. The SMILES string of the molecule is CC(CC(c1ccccc1)c1ccccc1)N1CCC(NC(=O)Cc2ccc(C#N)cc2)CC1. The first kappa shape index (κ1) is 23.7. The van der Waals surface area contributed by atoms with Crippen LogP contribution in [0.2, 0.25) is 0 Å². The molecule has 0 radical (unpaired) electrons. The van der Waals surface area contributed by atoms with Gasteiger partial charge in [0, 0.05) is 31.1 Å². The molecule has 4 heteroatoms. The molecule has 1 atom stereocenters. The van der Waals surface area contributed by atoms with Crippen molar-refractivity contribution in [3.63, 3.8) is 0 Å². The lowest BCUT2D eigenvalue weighted by Gasteiger charge is -2.37. The molecule has 4 rings (SSSR count). The molecule has 34 heavy (non-hydrogen) atoms. The van der Waals surface area contributed by atoms with E-state index in [0.717, 1.165) is 37.9 Å². The van der Waals surface area contributed by atoms with Crippen molar-refractivity contribution in [2.24, 2.45) is 0 Å². The molecule has 0 aromatic heterocycles. The highest BCUT2D eigenvalue weighted by molar-refractivity contribution is 5.78. The average Bonchev–Trinajstić information content (AvgIpc) is 2.89. The molecule has 1 aliphatic rings. The van der Waals surface area contributed by atoms with Crippen molar-refractivity contribution in [3.05, 3.63) is 107 Å². The van der Waals surface area contributed by atoms with E-state index in [0.29, 0.717) is 23.9 Å². The highest BCUT2D eigenvalue weighted by Gasteiger charge is 2.26. The molecule has 3 aromatic carbocycles. The van der Waals surface area contributed by atoms with Gasteiger partial charge in [0.15, 0.2) is 0 Å². The van der Waals surface area contributed by atoms with Crippen LogP contribution in [0.4, 0.5) is 0 Å². The molecule has 1 N–H and O–H groups in total. The first-order valence-electron chi connectivity index (χ1n) is 12.2. The van der Waals surface area contributed by atoms with Crippen molar-refractivity contribution in [2.45, 2.75) is 50.6 Å². The Hall–Kier alpha value is -3.42. The minimum absolute atomic E-state index is 0.0597. The van der Waals surface area contributed by atoms with Crippen molar-refractivity contribution in [1.29, 1.82) is 5.26 Å². The number of rotatable bonds is 8. The van der Waals surface area contributed by atoms with Crippen LogP contribution in [0.25, 0.3) is 0 Å². The molecule has 0 aliphatic carbocycles. The highest BCUT2D eigenvalue weighted by atomic mass is 16.1. The third kappa shape index (κ3) is 6.34. The summed E-state index contributed by atoms with van der Waals surface area (Å²) in [5, 5.41) is 12.1. The lowest BCUT2D eigenvalue weighted by molar-refractivity contribution is -0.121. The van der Waals surface area contributed by atoms with Crippen LogP contribution < -0.4 is 5.32 Å². The van der Waals surface area contributed by atoms with Crippen LogP contribution in [-0.2, 0) is 11.2 Å². The zero-order valence-electron chi connectivity index (χ0n) is 19.9. The normalized spacial score (nSPS) is 15.6. The van der Waals surface area contributed by atoms with E-state index >= 15 is 0 Å². The summed E-state index contributed by atoms with van der Waals surface area (Å²) < 4.78 is 0. The van der Waals surface area contributed by atoms with E-state index in [4.69, 9.17) is 5.26 Å². The first-order valence-corrected chi connectivity index (χ1v) is 12.2. The largest absolute Gasteiger partial charge is 0.353 e. The summed E-state index contributed by atoms with van der Waals surface area (Å²) in [4.78, 5) is 15.1. The predicted molar refractivity (Wildman–Crippen MR) is 136 cm³/mol. The van der Waals surface area contributed by atoms with Crippen LogP contribution in [0.3, 0.4) is 0 Å². The van der Waals surface area contributed by atoms with E-state index in [1.165, 1.54) is 11.1 Å². The summed E-state index contributed by atoms with van der Waals surface area (Å²) in [5.74, 6) is 0.437. The maximum Gasteiger partial charge on any atom is 0.224 e. The van der Waals surface area contributed by atoms with Crippen LogP contribution >= 0.6 is 0 Å². The maximum atomic E-state index is 12.5. The summed E-state index contributed by atoms with van der Waals surface area (Å²) in [6.45, 7) is 4.33. The number of carbonyl (C=O) groups excluding carboxylic acids is 1. The summed E-state index contributed by atoms with van der Waals surface area (Å²) in [7, 11) is 0. The first-order chi connectivity index (χ1) is 16.6. The molecule has 1 unspecified atom stereocenters. The van der Waals surface area contributed by atoms with Gasteiger partial charge in [-0.3, -0.25) is 4.79 Å². The van der Waals surface area contributed by atoms with Crippen LogP contribution in [0.5, 0.6) is 0 Å². The smallest absolute Gasteiger partial charge is 0.224 e. The summed E-state index contributed by atoms with van der Waals surface area (Å²) in [6, 6.07) is 31.7. The van der Waals surface area contributed by atoms with E-state index in [9.17, 15) is 4.79 Å². The fraction of sp³-hybridized carbons (Fsp3) is 0.333. The minimum atomic E-state index is 0.0597. The highest BCUT2D eigenvalue weighted by Crippen LogP contribution is 2.31. The Bertz CT molecular complexity index is 1040. The topological polar surface area (TPSA) is 56.1 Å². The van der Waals surface area contributed by atoms with Crippen molar-refractivity contribution in [1.82, 2.24) is 10.2 Å². The van der Waals surface area contributed by atoms with Gasteiger partial charge in [0.2, 0.25) is 5.91 Å². The number of hydrogen-bond acceptors (Lipinski definition) is 3. The maximum absolute atomic E-state index is 12.5. The molecule has 3 aromatic rings. The van der Waals surface area contributed by atoms with Crippen molar-refractivity contribution < 1.29 is 4.79 Å². The van der Waals surface area contributed by atoms with Gasteiger partial charge < -0.3 is 10.2 Å². The van der Waals surface area contributed by atoms with Gasteiger partial charge in [0.1, 0.15) is 0 Å². The monoisotopic (exact) mass is 451 g/mol. The number of benzene rings is 3. The van der Waals surface area contributed by atoms with Crippen molar-refractivity contribution in [3.8, 4) is 6.07 Å². The number of nitriles is 1. The van der Waals surface area contributed by atoms with Crippen LogP contribution in [0, 0.1) is 11.3 Å². The fourth-order valence-corrected chi connectivity index (χ4v) is 4.97. The second-order valence-electron chi connectivity index (χ2n) is 9.32. The lowest BCUT2D eigenvalue weighted by atomic mass is 9.85. The molecule has 0 spiro atoms. The Labute approximate surface area is 203 Å². The van der Waals surface area contributed by atoms with Gasteiger partial charge in [-0.15, -0.1) is 0 Å². The van der Waals surface area contributed by atoms with Crippen molar-refractivity contribution >= 4 is 5.91 Å². The number of amides is 1. The molecule has 1 aliphatic heterocycles. The molecule has 1 saturated heterocycles. The number of likely N-dealkylation sites (tertiary alicyclic amines) is 1. The van der Waals surface area contributed by atoms with E-state index in [2.05, 4.69) is 83.9 Å². The van der Waals surface area contributed by atoms with Gasteiger partial charge in [-0.2, -0.15) is 5.26 Å². The Morgan fingerprint density at radius 2 is 1.50 bits per heavy atom. The van der Waals surface area contributed by atoms with Crippen LogP contribution in [0.1, 0.15) is 54.4 Å². The van der Waals surface area contributed by atoms with Gasteiger partial charge >= 0.3 is 0 Å². The molecule has 0 saturated carbocycles. The minimum Gasteiger partial charge on any atom is -0.353 e. The van der Waals surface area contributed by atoms with E-state index in [1.807, 2.05) is 12.1 Å². The third-order valence-corrected chi connectivity index (χ3v) is 6.95. The second kappa shape index (κ2) is 11.6. The van der Waals surface area contributed by atoms with Gasteiger partial charge in [-0.25, -0.2) is 0 Å². The van der Waals surface area contributed by atoms with Crippen LogP contribution in [0.15, 0.2) is 84.9 Å². The molecule has 1 heterocycles. The van der Waals surface area contributed by atoms with Gasteiger partial charge in [-0.05, 0) is 55.0 Å². The van der Waals surface area contributed by atoms with E-state index < -0.39 is 0 Å². The quantitative estimate of drug-likeness (QED) is 0.506. The average molecular weight is 452 g/mol. The third-order valence-electron chi connectivity index (χ3n) is 6.95. The Morgan fingerprint density at radius 3 is 2.03 bits per heavy atom. The van der Waals surface area contributed by atoms with Gasteiger partial charge in [0.25, 0.3) is 0 Å². The molecule has 1 amide bonds. The summed E-state index contributed by atoms with van der Waals surface area (Å²) in [6.07, 6.45) is 3.39. The molecular formula is C30H33N3O. The molecule has 174 valence electrons. The second-order valence-corrected chi connectivity index (χ2v) is 9.32. The Balaban J connectivity index is 1.29. The predicted octanol–water partition coefficient (Wildman–Crippen LogP) is 5.29. The molecule has 4 nitrogen and oxygen atoms in total. The zero-order chi connectivity index (χ0) is 23.8. The Morgan fingerprint density at radius 1 is 0.941 bits per heavy atom. The van der Waals surface area contributed by atoms with Crippen LogP contribution in [-0.4, -0.2) is 36.0 Å². The van der Waals surface area contributed by atoms with E-state index in [-0.39, 0.29) is 11.9 Å². The van der Waals surface area contributed by atoms with Gasteiger partial charge in [0.05, 0.1) is 18.1 Å². The summed E-state index contributed by atoms with van der Waals surface area (Å²) in [5.41, 5.74) is 4.29. The number of carbonyl (C=O) groups is 1. The van der Waals surface area contributed by atoms with E-state index in [1.54, 1.807) is 12.1 Å². The Kier molecular flexibility index (Phi) is 8.12. The number of hydrogen-bond donors (Lipinski definition) is 1. The lowest BCUT2D eigenvalue weighted by Crippen LogP contribution is -2.47. The number of nitrogens with one attached hydrogen (secondary N) is 1. The zero-order valence-corrected chi connectivity index (χ0v) is 19.9. The molecular weight excluding hydrogens is 418 g/mol. The molecule has 1 fully saturated rings. The number of nitrogens with zero attached hydrogens (tertiary/aromatic N) is 2. The van der Waals surface area contributed by atoms with Crippen molar-refractivity contribution in [2.75, 3.05) is 13.1 Å².